The van der Waals surface area contributed by atoms with Gasteiger partial charge in [-0.3, -0.25) is 0 Å². The normalized spacial score (nSPS) is 11.7. The topological polar surface area (TPSA) is 50.4 Å². The zero-order valence-electron chi connectivity index (χ0n) is 15.8. The molecule has 0 radical (unpaired) electrons. The van der Waals surface area contributed by atoms with Crippen molar-refractivity contribution in [3.63, 3.8) is 0 Å². The van der Waals surface area contributed by atoms with Crippen LogP contribution in [0.4, 0.5) is 5.69 Å². The molecule has 1 unspecified atom stereocenters. The van der Waals surface area contributed by atoms with Crippen LogP contribution in [-0.4, -0.2) is 23.7 Å². The highest BCUT2D eigenvalue weighted by molar-refractivity contribution is 7.80. The highest BCUT2D eigenvalue weighted by Crippen LogP contribution is 2.17. The van der Waals surface area contributed by atoms with E-state index < -0.39 is 6.04 Å². The summed E-state index contributed by atoms with van der Waals surface area (Å²) in [7, 11) is 0. The molecule has 0 aliphatic carbocycles. The van der Waals surface area contributed by atoms with Crippen molar-refractivity contribution in [1.29, 1.82) is 0 Å². The molecule has 2 rings (SSSR count). The van der Waals surface area contributed by atoms with Gasteiger partial charge < -0.3 is 15.4 Å². The molecule has 1 atom stereocenters. The summed E-state index contributed by atoms with van der Waals surface area (Å²) in [6.07, 6.45) is 0.449. The maximum atomic E-state index is 12.3. The summed E-state index contributed by atoms with van der Waals surface area (Å²) < 4.78 is 5.18. The molecule has 27 heavy (non-hydrogen) atoms. The first-order valence-corrected chi connectivity index (χ1v) is 9.76. The van der Waals surface area contributed by atoms with Gasteiger partial charge in [-0.15, -0.1) is 0 Å². The average Bonchev–Trinajstić information content (AvgIpc) is 2.63. The Bertz CT molecular complexity index is 761. The van der Waals surface area contributed by atoms with Crippen molar-refractivity contribution in [1.82, 2.24) is 5.32 Å². The predicted molar refractivity (Wildman–Crippen MR) is 115 cm³/mol. The van der Waals surface area contributed by atoms with E-state index in [0.717, 1.165) is 11.3 Å². The maximum Gasteiger partial charge on any atom is 0.328 e. The summed E-state index contributed by atoms with van der Waals surface area (Å²) >= 11 is 11.3. The Morgan fingerprint density at radius 1 is 1.11 bits per heavy atom. The van der Waals surface area contributed by atoms with Crippen LogP contribution in [0.15, 0.2) is 48.5 Å². The minimum Gasteiger partial charge on any atom is -0.464 e. The van der Waals surface area contributed by atoms with Crippen LogP contribution >= 0.6 is 23.8 Å². The van der Waals surface area contributed by atoms with Crippen LogP contribution in [0.25, 0.3) is 0 Å². The number of carbonyl (C=O) groups excluding carboxylic acids is 1. The van der Waals surface area contributed by atoms with Crippen LogP contribution < -0.4 is 10.6 Å². The second kappa shape index (κ2) is 10.3. The lowest BCUT2D eigenvalue weighted by molar-refractivity contribution is -0.145. The van der Waals surface area contributed by atoms with Crippen LogP contribution in [0.3, 0.4) is 0 Å². The molecule has 0 spiro atoms. The molecule has 2 aromatic rings. The molecule has 0 aliphatic rings. The molecular formula is C21H25ClN2O2S. The molecule has 0 fully saturated rings. The van der Waals surface area contributed by atoms with Gasteiger partial charge in [0.15, 0.2) is 5.11 Å². The van der Waals surface area contributed by atoms with Crippen molar-refractivity contribution in [3.05, 3.63) is 64.7 Å². The quantitative estimate of drug-likeness (QED) is 0.506. The van der Waals surface area contributed by atoms with Crippen molar-refractivity contribution in [2.24, 2.45) is 0 Å². The number of benzene rings is 2. The Hall–Kier alpha value is -2.11. The van der Waals surface area contributed by atoms with Crippen molar-refractivity contribution < 1.29 is 9.53 Å². The van der Waals surface area contributed by atoms with Gasteiger partial charge in [-0.2, -0.15) is 0 Å². The van der Waals surface area contributed by atoms with E-state index in [0.29, 0.717) is 29.1 Å². The summed E-state index contributed by atoms with van der Waals surface area (Å²) in [5, 5.41) is 7.21. The number of carbonyl (C=O) groups is 1. The van der Waals surface area contributed by atoms with Gasteiger partial charge in [-0.25, -0.2) is 4.79 Å². The lowest BCUT2D eigenvalue weighted by Crippen LogP contribution is -2.45. The zero-order valence-corrected chi connectivity index (χ0v) is 17.4. The molecule has 0 aliphatic heterocycles. The van der Waals surface area contributed by atoms with Gasteiger partial charge in [0, 0.05) is 17.1 Å². The molecule has 0 heterocycles. The lowest BCUT2D eigenvalue weighted by Gasteiger charge is -2.20. The first-order valence-electron chi connectivity index (χ1n) is 8.97. The van der Waals surface area contributed by atoms with Crippen molar-refractivity contribution in [3.8, 4) is 0 Å². The Kier molecular flexibility index (Phi) is 8.07. The van der Waals surface area contributed by atoms with E-state index >= 15 is 0 Å². The monoisotopic (exact) mass is 404 g/mol. The molecule has 2 N–H and O–H groups in total. The van der Waals surface area contributed by atoms with Gasteiger partial charge in [-0.05, 0) is 60.5 Å². The highest BCUT2D eigenvalue weighted by Gasteiger charge is 2.21. The van der Waals surface area contributed by atoms with E-state index in [-0.39, 0.29) is 5.97 Å². The Balaban J connectivity index is 2.03. The second-order valence-corrected chi connectivity index (χ2v) is 7.36. The molecule has 2 aromatic carbocycles. The van der Waals surface area contributed by atoms with Crippen LogP contribution in [0.2, 0.25) is 5.02 Å². The number of thiocarbonyl (C=S) groups is 1. The minimum atomic E-state index is -0.582. The van der Waals surface area contributed by atoms with E-state index in [4.69, 9.17) is 28.6 Å². The van der Waals surface area contributed by atoms with Crippen LogP contribution in [-0.2, 0) is 16.0 Å². The third kappa shape index (κ3) is 6.85. The summed E-state index contributed by atoms with van der Waals surface area (Å²) in [5.74, 6) is 0.128. The van der Waals surface area contributed by atoms with E-state index in [9.17, 15) is 4.79 Å². The van der Waals surface area contributed by atoms with E-state index in [1.807, 2.05) is 24.3 Å². The Morgan fingerprint density at radius 3 is 2.30 bits per heavy atom. The summed E-state index contributed by atoms with van der Waals surface area (Å²) in [4.78, 5) is 12.3. The van der Waals surface area contributed by atoms with Crippen LogP contribution in [0.1, 0.15) is 37.8 Å². The standard InChI is InChI=1S/C21H25ClN2O2S/c1-4-26-20(25)19(13-15-5-9-17(22)10-6-15)24-21(27)23-18-11-7-16(8-12-18)14(2)3/h5-12,14,19H,4,13H2,1-3H3,(H2,23,24,27). The second-order valence-electron chi connectivity index (χ2n) is 6.51. The third-order valence-electron chi connectivity index (χ3n) is 4.06. The number of ether oxygens (including phenoxy) is 1. The number of anilines is 1. The van der Waals surface area contributed by atoms with Crippen molar-refractivity contribution >= 4 is 40.6 Å². The maximum absolute atomic E-state index is 12.3. The van der Waals surface area contributed by atoms with E-state index in [2.05, 4.69) is 36.6 Å². The van der Waals surface area contributed by atoms with Crippen LogP contribution in [0.5, 0.6) is 0 Å². The molecular weight excluding hydrogens is 380 g/mol. The fraction of sp³-hybridized carbons (Fsp3) is 0.333. The van der Waals surface area contributed by atoms with Gasteiger partial charge in [-0.1, -0.05) is 49.7 Å². The van der Waals surface area contributed by atoms with Crippen LogP contribution in [0, 0.1) is 0 Å². The SMILES string of the molecule is CCOC(=O)C(Cc1ccc(Cl)cc1)NC(=S)Nc1ccc(C(C)C)cc1. The number of halogens is 1. The molecule has 4 nitrogen and oxygen atoms in total. The Labute approximate surface area is 171 Å². The first-order chi connectivity index (χ1) is 12.9. The van der Waals surface area contributed by atoms with Gasteiger partial charge >= 0.3 is 5.97 Å². The number of esters is 1. The molecule has 0 aromatic heterocycles. The minimum absolute atomic E-state index is 0.314. The lowest BCUT2D eigenvalue weighted by atomic mass is 10.0. The van der Waals surface area contributed by atoms with Gasteiger partial charge in [0.1, 0.15) is 6.04 Å². The summed E-state index contributed by atoms with van der Waals surface area (Å²) in [6, 6.07) is 14.9. The van der Waals surface area contributed by atoms with Gasteiger partial charge in [0.05, 0.1) is 6.61 Å². The van der Waals surface area contributed by atoms with E-state index in [1.165, 1.54) is 5.56 Å². The van der Waals surface area contributed by atoms with E-state index in [1.54, 1.807) is 19.1 Å². The number of hydrogen-bond acceptors (Lipinski definition) is 3. The molecule has 144 valence electrons. The molecule has 0 saturated heterocycles. The molecule has 0 bridgehead atoms. The average molecular weight is 405 g/mol. The zero-order chi connectivity index (χ0) is 19.8. The highest BCUT2D eigenvalue weighted by atomic mass is 35.5. The number of nitrogens with one attached hydrogen (secondary N) is 2. The molecule has 0 saturated carbocycles. The van der Waals surface area contributed by atoms with Crippen molar-refractivity contribution in [2.75, 3.05) is 11.9 Å². The smallest absolute Gasteiger partial charge is 0.328 e. The largest absolute Gasteiger partial charge is 0.464 e. The fourth-order valence-corrected chi connectivity index (χ4v) is 2.96. The first kappa shape index (κ1) is 21.2. The third-order valence-corrected chi connectivity index (χ3v) is 4.54. The predicted octanol–water partition coefficient (Wildman–Crippen LogP) is 4.92. The Morgan fingerprint density at radius 2 is 1.74 bits per heavy atom. The fourth-order valence-electron chi connectivity index (χ4n) is 2.57. The number of hydrogen-bond donors (Lipinski definition) is 2. The van der Waals surface area contributed by atoms with Crippen molar-refractivity contribution in [2.45, 2.75) is 39.2 Å². The number of rotatable bonds is 7. The molecule has 0 amide bonds. The van der Waals surface area contributed by atoms with Gasteiger partial charge in [0.2, 0.25) is 0 Å². The summed E-state index contributed by atoms with van der Waals surface area (Å²) in [5.41, 5.74) is 3.09. The van der Waals surface area contributed by atoms with Gasteiger partial charge in [0.25, 0.3) is 0 Å². The summed E-state index contributed by atoms with van der Waals surface area (Å²) in [6.45, 7) is 6.39. The molecule has 6 heteroatoms.